The van der Waals surface area contributed by atoms with Crippen molar-refractivity contribution in [2.75, 3.05) is 19.6 Å². The number of hydrogen-bond donors (Lipinski definition) is 1. The van der Waals surface area contributed by atoms with Gasteiger partial charge in [-0.25, -0.2) is 0 Å². The van der Waals surface area contributed by atoms with Gasteiger partial charge < -0.3 is 10.6 Å². The maximum atomic E-state index is 11.9. The summed E-state index contributed by atoms with van der Waals surface area (Å²) in [6.07, 6.45) is 7.04. The van der Waals surface area contributed by atoms with Crippen molar-refractivity contribution in [2.24, 2.45) is 17.6 Å². The molecule has 2 rings (SSSR count). The van der Waals surface area contributed by atoms with Gasteiger partial charge >= 0.3 is 0 Å². The van der Waals surface area contributed by atoms with Gasteiger partial charge in [-0.2, -0.15) is 0 Å². The summed E-state index contributed by atoms with van der Waals surface area (Å²) in [7, 11) is 0. The summed E-state index contributed by atoms with van der Waals surface area (Å²) in [4.78, 5) is 14.0. The van der Waals surface area contributed by atoms with E-state index in [1.165, 1.54) is 19.3 Å². The summed E-state index contributed by atoms with van der Waals surface area (Å²) in [5.41, 5.74) is 5.52. The molecule has 1 atom stereocenters. The van der Waals surface area contributed by atoms with E-state index in [1.807, 2.05) is 0 Å². The van der Waals surface area contributed by atoms with Gasteiger partial charge in [-0.1, -0.05) is 0 Å². The Morgan fingerprint density at radius 1 is 1.33 bits per heavy atom. The van der Waals surface area contributed by atoms with Crippen molar-refractivity contribution in [3.8, 4) is 0 Å². The van der Waals surface area contributed by atoms with Crippen molar-refractivity contribution < 1.29 is 4.79 Å². The number of piperidine rings is 1. The fourth-order valence-corrected chi connectivity index (χ4v) is 2.50. The molecule has 0 aromatic heterocycles. The Balaban J connectivity index is 1.78. The van der Waals surface area contributed by atoms with Gasteiger partial charge in [0.25, 0.3) is 0 Å². The van der Waals surface area contributed by atoms with Crippen LogP contribution in [0.5, 0.6) is 0 Å². The van der Waals surface area contributed by atoms with Crippen LogP contribution in [0.3, 0.4) is 0 Å². The fraction of sp³-hybridized carbons (Fsp3) is 0.917. The van der Waals surface area contributed by atoms with Crippen molar-refractivity contribution >= 4 is 5.91 Å². The Kier molecular flexibility index (Phi) is 3.62. The molecule has 1 unspecified atom stereocenters. The average molecular weight is 210 g/mol. The minimum atomic E-state index is 0.387. The number of carbonyl (C=O) groups excluding carboxylic acids is 1. The van der Waals surface area contributed by atoms with E-state index in [-0.39, 0.29) is 0 Å². The summed E-state index contributed by atoms with van der Waals surface area (Å²) in [6, 6.07) is 0. The van der Waals surface area contributed by atoms with Gasteiger partial charge in [0.05, 0.1) is 0 Å². The number of carbonyl (C=O) groups is 1. The van der Waals surface area contributed by atoms with E-state index in [4.69, 9.17) is 5.73 Å². The zero-order chi connectivity index (χ0) is 10.7. The Hall–Kier alpha value is -0.570. The average Bonchev–Trinajstić information content (AvgIpc) is 3.09. The van der Waals surface area contributed by atoms with Gasteiger partial charge in [-0.3, -0.25) is 4.79 Å². The van der Waals surface area contributed by atoms with E-state index in [1.54, 1.807) is 0 Å². The highest BCUT2D eigenvalue weighted by atomic mass is 16.2. The molecule has 0 bridgehead atoms. The number of hydrogen-bond acceptors (Lipinski definition) is 2. The lowest BCUT2D eigenvalue weighted by molar-refractivity contribution is -0.134. The predicted octanol–water partition coefficient (Wildman–Crippen LogP) is 1.37. The third kappa shape index (κ3) is 2.94. The first kappa shape index (κ1) is 10.9. The van der Waals surface area contributed by atoms with E-state index in [9.17, 15) is 4.79 Å². The van der Waals surface area contributed by atoms with Gasteiger partial charge in [0.1, 0.15) is 0 Å². The second-order valence-corrected chi connectivity index (χ2v) is 5.00. The van der Waals surface area contributed by atoms with Crippen molar-refractivity contribution in [2.45, 2.75) is 38.5 Å². The van der Waals surface area contributed by atoms with Crippen LogP contribution in [0.1, 0.15) is 38.5 Å². The molecule has 0 radical (unpaired) electrons. The molecule has 2 aliphatic rings. The molecule has 3 heteroatoms. The zero-order valence-electron chi connectivity index (χ0n) is 9.45. The van der Waals surface area contributed by atoms with Crippen molar-refractivity contribution in [1.29, 1.82) is 0 Å². The maximum Gasteiger partial charge on any atom is 0.225 e. The number of amides is 1. The lowest BCUT2D eigenvalue weighted by Crippen LogP contribution is -2.40. The second kappa shape index (κ2) is 4.97. The van der Waals surface area contributed by atoms with Crippen LogP contribution in [-0.4, -0.2) is 30.4 Å². The van der Waals surface area contributed by atoms with Gasteiger partial charge in [0.15, 0.2) is 0 Å². The van der Waals surface area contributed by atoms with Crippen molar-refractivity contribution in [1.82, 2.24) is 4.90 Å². The molecule has 1 saturated heterocycles. The topological polar surface area (TPSA) is 46.3 Å². The van der Waals surface area contributed by atoms with E-state index in [2.05, 4.69) is 4.90 Å². The molecule has 86 valence electrons. The maximum absolute atomic E-state index is 11.9. The Morgan fingerprint density at radius 3 is 2.80 bits per heavy atom. The van der Waals surface area contributed by atoms with Crippen LogP contribution in [-0.2, 0) is 4.79 Å². The van der Waals surface area contributed by atoms with Crippen molar-refractivity contribution in [3.63, 3.8) is 0 Å². The quantitative estimate of drug-likeness (QED) is 0.762. The standard InChI is InChI=1S/C12H22N2O/c13-7-1-3-10-4-2-8-14(9-10)12(15)11-5-6-11/h10-11H,1-9,13H2. The van der Waals surface area contributed by atoms with Crippen LogP contribution in [0.4, 0.5) is 0 Å². The Labute approximate surface area is 92.0 Å². The fourth-order valence-electron chi connectivity index (χ4n) is 2.50. The van der Waals surface area contributed by atoms with Crippen LogP contribution in [0.15, 0.2) is 0 Å². The van der Waals surface area contributed by atoms with Gasteiger partial charge in [0.2, 0.25) is 5.91 Å². The summed E-state index contributed by atoms with van der Waals surface area (Å²) in [5.74, 6) is 1.52. The first-order valence-electron chi connectivity index (χ1n) is 6.30. The molecule has 3 nitrogen and oxygen atoms in total. The normalized spacial score (nSPS) is 26.7. The molecular weight excluding hydrogens is 188 g/mol. The van der Waals surface area contributed by atoms with E-state index in [0.717, 1.165) is 38.9 Å². The van der Waals surface area contributed by atoms with Crippen LogP contribution < -0.4 is 5.73 Å². The van der Waals surface area contributed by atoms with E-state index >= 15 is 0 Å². The van der Waals surface area contributed by atoms with Crippen LogP contribution in [0.25, 0.3) is 0 Å². The molecule has 1 aliphatic carbocycles. The smallest absolute Gasteiger partial charge is 0.225 e. The van der Waals surface area contributed by atoms with Gasteiger partial charge in [0, 0.05) is 19.0 Å². The van der Waals surface area contributed by atoms with Crippen LogP contribution in [0.2, 0.25) is 0 Å². The summed E-state index contributed by atoms with van der Waals surface area (Å²) >= 11 is 0. The number of likely N-dealkylation sites (tertiary alicyclic amines) is 1. The Morgan fingerprint density at radius 2 is 2.13 bits per heavy atom. The minimum absolute atomic E-state index is 0.387. The summed E-state index contributed by atoms with van der Waals surface area (Å²) in [5, 5.41) is 0. The highest BCUT2D eigenvalue weighted by Gasteiger charge is 2.35. The monoisotopic (exact) mass is 210 g/mol. The molecular formula is C12H22N2O. The van der Waals surface area contributed by atoms with E-state index in [0.29, 0.717) is 17.7 Å². The summed E-state index contributed by atoms with van der Waals surface area (Å²) < 4.78 is 0. The van der Waals surface area contributed by atoms with Gasteiger partial charge in [-0.05, 0) is 51.0 Å². The molecule has 1 aliphatic heterocycles. The largest absolute Gasteiger partial charge is 0.342 e. The third-order valence-electron chi connectivity index (χ3n) is 3.57. The number of rotatable bonds is 4. The van der Waals surface area contributed by atoms with E-state index < -0.39 is 0 Å². The molecule has 2 fully saturated rings. The summed E-state index contributed by atoms with van der Waals surface area (Å²) in [6.45, 7) is 2.77. The molecule has 0 spiro atoms. The lowest BCUT2D eigenvalue weighted by Gasteiger charge is -2.33. The predicted molar refractivity (Wildman–Crippen MR) is 60.3 cm³/mol. The first-order chi connectivity index (χ1) is 7.31. The lowest BCUT2D eigenvalue weighted by atomic mass is 9.93. The third-order valence-corrected chi connectivity index (χ3v) is 3.57. The zero-order valence-corrected chi connectivity index (χ0v) is 9.45. The molecule has 15 heavy (non-hydrogen) atoms. The Bertz CT molecular complexity index is 226. The molecule has 1 heterocycles. The SMILES string of the molecule is NCCCC1CCCN(C(=O)C2CC2)C1. The van der Waals surface area contributed by atoms with Crippen molar-refractivity contribution in [3.05, 3.63) is 0 Å². The molecule has 0 aromatic rings. The van der Waals surface area contributed by atoms with Gasteiger partial charge in [-0.15, -0.1) is 0 Å². The molecule has 2 N–H and O–H groups in total. The second-order valence-electron chi connectivity index (χ2n) is 5.00. The highest BCUT2D eigenvalue weighted by molar-refractivity contribution is 5.81. The van der Waals surface area contributed by atoms with Crippen LogP contribution >= 0.6 is 0 Å². The van der Waals surface area contributed by atoms with Crippen LogP contribution in [0, 0.1) is 11.8 Å². The number of nitrogens with two attached hydrogens (primary N) is 1. The number of nitrogens with zero attached hydrogens (tertiary/aromatic N) is 1. The molecule has 1 saturated carbocycles. The highest BCUT2D eigenvalue weighted by Crippen LogP contribution is 2.33. The molecule has 0 aromatic carbocycles. The minimum Gasteiger partial charge on any atom is -0.342 e. The molecule has 1 amide bonds. The first-order valence-corrected chi connectivity index (χ1v) is 6.30.